The van der Waals surface area contributed by atoms with Gasteiger partial charge in [-0.2, -0.15) is 20.7 Å². The molecule has 0 radical (unpaired) electrons. The Balaban J connectivity index is 2.06. The molecule has 0 spiro atoms. The second-order valence-electron chi connectivity index (χ2n) is 3.85. The van der Waals surface area contributed by atoms with E-state index in [-0.39, 0.29) is 0 Å². The van der Waals surface area contributed by atoms with Gasteiger partial charge in [0.05, 0.1) is 23.5 Å². The largest absolute Gasteiger partial charge is 0.395 e. The van der Waals surface area contributed by atoms with Crippen LogP contribution >= 0.6 is 0 Å². The minimum atomic E-state index is 0.552. The van der Waals surface area contributed by atoms with Crippen molar-refractivity contribution in [3.8, 4) is 17.3 Å². The first-order valence-corrected chi connectivity index (χ1v) is 5.48. The van der Waals surface area contributed by atoms with Gasteiger partial charge in [-0.1, -0.05) is 17.3 Å². The van der Waals surface area contributed by atoms with Crippen molar-refractivity contribution in [1.82, 2.24) is 15.4 Å². The van der Waals surface area contributed by atoms with Crippen molar-refractivity contribution in [2.24, 2.45) is 5.16 Å². The van der Waals surface area contributed by atoms with E-state index < -0.39 is 0 Å². The van der Waals surface area contributed by atoms with E-state index in [0.717, 1.165) is 23.3 Å². The van der Waals surface area contributed by atoms with E-state index in [2.05, 4.69) is 26.6 Å². The van der Waals surface area contributed by atoms with Gasteiger partial charge in [-0.15, -0.1) is 0 Å². The number of oxime groups is 1. The Morgan fingerprint density at radius 1 is 1.39 bits per heavy atom. The lowest BCUT2D eigenvalue weighted by atomic mass is 9.99. The Hall–Kier alpha value is -2.68. The summed E-state index contributed by atoms with van der Waals surface area (Å²) in [5.74, 6) is 0. The summed E-state index contributed by atoms with van der Waals surface area (Å²) in [5.41, 5.74) is 3.75. The maximum atomic E-state index is 9.20. The molecule has 0 unspecified atom stereocenters. The SMILES string of the molecule is N#Cc1cc(C2=NOCC2)ccc1-c1cn[nH]n1. The summed E-state index contributed by atoms with van der Waals surface area (Å²) in [7, 11) is 0. The van der Waals surface area contributed by atoms with E-state index in [9.17, 15) is 5.26 Å². The van der Waals surface area contributed by atoms with Gasteiger partial charge >= 0.3 is 0 Å². The zero-order valence-corrected chi connectivity index (χ0v) is 9.42. The molecule has 0 bridgehead atoms. The lowest BCUT2D eigenvalue weighted by molar-refractivity contribution is 0.174. The van der Waals surface area contributed by atoms with Crippen LogP contribution in [0.3, 0.4) is 0 Å². The van der Waals surface area contributed by atoms with E-state index in [1.54, 1.807) is 12.3 Å². The van der Waals surface area contributed by atoms with E-state index >= 15 is 0 Å². The molecule has 0 saturated heterocycles. The molecule has 1 N–H and O–H groups in total. The first-order chi connectivity index (χ1) is 8.88. The molecule has 2 aromatic rings. The molecule has 1 aliphatic rings. The highest BCUT2D eigenvalue weighted by Gasteiger charge is 2.14. The molecule has 0 atom stereocenters. The fourth-order valence-corrected chi connectivity index (χ4v) is 1.88. The highest BCUT2D eigenvalue weighted by Crippen LogP contribution is 2.23. The van der Waals surface area contributed by atoms with Gasteiger partial charge < -0.3 is 4.84 Å². The maximum absolute atomic E-state index is 9.20. The first kappa shape index (κ1) is 10.5. The Morgan fingerprint density at radius 3 is 3.00 bits per heavy atom. The van der Waals surface area contributed by atoms with Crippen LogP contribution in [0.5, 0.6) is 0 Å². The molecule has 0 saturated carbocycles. The van der Waals surface area contributed by atoms with Crippen molar-refractivity contribution >= 4 is 5.71 Å². The summed E-state index contributed by atoms with van der Waals surface area (Å²) < 4.78 is 0. The lowest BCUT2D eigenvalue weighted by Gasteiger charge is -2.03. The molecule has 2 heterocycles. The summed E-state index contributed by atoms with van der Waals surface area (Å²) in [6.45, 7) is 0.599. The first-order valence-electron chi connectivity index (χ1n) is 5.48. The van der Waals surface area contributed by atoms with Gasteiger partial charge in [0.1, 0.15) is 12.3 Å². The summed E-state index contributed by atoms with van der Waals surface area (Å²) in [4.78, 5) is 4.97. The second kappa shape index (κ2) is 4.30. The highest BCUT2D eigenvalue weighted by molar-refractivity contribution is 6.01. The number of nitrogens with zero attached hydrogens (tertiary/aromatic N) is 4. The van der Waals surface area contributed by atoms with Crippen molar-refractivity contribution in [3.05, 3.63) is 35.5 Å². The highest BCUT2D eigenvalue weighted by atomic mass is 16.6. The third-order valence-corrected chi connectivity index (χ3v) is 2.77. The number of H-pyrrole nitrogens is 1. The van der Waals surface area contributed by atoms with Crippen molar-refractivity contribution in [3.63, 3.8) is 0 Å². The van der Waals surface area contributed by atoms with Crippen molar-refractivity contribution in [2.75, 3.05) is 6.61 Å². The molecule has 1 aromatic heterocycles. The lowest BCUT2D eigenvalue weighted by Crippen LogP contribution is -1.98. The average Bonchev–Trinajstić information content (AvgIpc) is 3.11. The predicted molar refractivity (Wildman–Crippen MR) is 63.6 cm³/mol. The standard InChI is InChI=1S/C12H9N5O/c13-6-9-5-8(11-3-4-18-16-11)1-2-10(9)12-7-14-17-15-12/h1-2,5,7H,3-4H2,(H,14,15,17). The monoisotopic (exact) mass is 239 g/mol. The Morgan fingerprint density at radius 2 is 2.33 bits per heavy atom. The average molecular weight is 239 g/mol. The summed E-state index contributed by atoms with van der Waals surface area (Å²) >= 11 is 0. The Labute approximate surface area is 103 Å². The summed E-state index contributed by atoms with van der Waals surface area (Å²) in [6.07, 6.45) is 2.36. The normalized spacial score (nSPS) is 13.8. The molecular weight excluding hydrogens is 230 g/mol. The molecule has 18 heavy (non-hydrogen) atoms. The van der Waals surface area contributed by atoms with Gasteiger partial charge in [0.2, 0.25) is 0 Å². The zero-order chi connectivity index (χ0) is 12.4. The number of benzene rings is 1. The minimum absolute atomic E-state index is 0.552. The van der Waals surface area contributed by atoms with Crippen LogP contribution in [0.4, 0.5) is 0 Å². The Kier molecular flexibility index (Phi) is 2.50. The second-order valence-corrected chi connectivity index (χ2v) is 3.85. The Bertz CT molecular complexity index is 639. The number of rotatable bonds is 2. The van der Waals surface area contributed by atoms with Crippen LogP contribution in [-0.4, -0.2) is 27.7 Å². The molecule has 0 aliphatic carbocycles. The van der Waals surface area contributed by atoms with E-state index in [1.807, 2.05) is 12.1 Å². The molecule has 1 aliphatic heterocycles. The third kappa shape index (κ3) is 1.72. The third-order valence-electron chi connectivity index (χ3n) is 2.77. The molecule has 6 nitrogen and oxygen atoms in total. The fourth-order valence-electron chi connectivity index (χ4n) is 1.88. The topological polar surface area (TPSA) is 87.0 Å². The van der Waals surface area contributed by atoms with E-state index in [0.29, 0.717) is 17.9 Å². The van der Waals surface area contributed by atoms with Gasteiger partial charge in [0, 0.05) is 17.5 Å². The van der Waals surface area contributed by atoms with E-state index in [1.165, 1.54) is 0 Å². The number of hydrogen-bond donors (Lipinski definition) is 1. The fraction of sp³-hybridized carbons (Fsp3) is 0.167. The van der Waals surface area contributed by atoms with Crippen LogP contribution in [0, 0.1) is 11.3 Å². The number of nitriles is 1. The quantitative estimate of drug-likeness (QED) is 0.859. The minimum Gasteiger partial charge on any atom is -0.395 e. The van der Waals surface area contributed by atoms with Crippen LogP contribution in [0.15, 0.2) is 29.6 Å². The molecule has 6 heteroatoms. The molecule has 88 valence electrons. The van der Waals surface area contributed by atoms with Crippen LogP contribution in [0.25, 0.3) is 11.3 Å². The van der Waals surface area contributed by atoms with Gasteiger partial charge in [-0.3, -0.25) is 0 Å². The molecule has 1 aromatic carbocycles. The van der Waals surface area contributed by atoms with Crippen LogP contribution in [0.1, 0.15) is 17.5 Å². The van der Waals surface area contributed by atoms with E-state index in [4.69, 9.17) is 4.84 Å². The number of aromatic amines is 1. The molecule has 0 amide bonds. The zero-order valence-electron chi connectivity index (χ0n) is 9.42. The van der Waals surface area contributed by atoms with Crippen LogP contribution < -0.4 is 0 Å². The predicted octanol–water partition coefficient (Wildman–Crippen LogP) is 1.47. The maximum Gasteiger partial charge on any atom is 0.122 e. The number of aromatic nitrogens is 3. The summed E-state index contributed by atoms with van der Waals surface area (Å²) in [5, 5.41) is 23.4. The van der Waals surface area contributed by atoms with Crippen LogP contribution in [-0.2, 0) is 4.84 Å². The van der Waals surface area contributed by atoms with Crippen molar-refractivity contribution < 1.29 is 4.84 Å². The van der Waals surface area contributed by atoms with Gasteiger partial charge in [-0.05, 0) is 6.07 Å². The number of nitrogens with one attached hydrogen (secondary N) is 1. The van der Waals surface area contributed by atoms with Crippen molar-refractivity contribution in [2.45, 2.75) is 6.42 Å². The van der Waals surface area contributed by atoms with Gasteiger partial charge in [0.15, 0.2) is 0 Å². The van der Waals surface area contributed by atoms with Gasteiger partial charge in [-0.25, -0.2) is 0 Å². The molecular formula is C12H9N5O. The van der Waals surface area contributed by atoms with Crippen molar-refractivity contribution in [1.29, 1.82) is 5.26 Å². The van der Waals surface area contributed by atoms with Gasteiger partial charge in [0.25, 0.3) is 0 Å². The number of hydrogen-bond acceptors (Lipinski definition) is 5. The van der Waals surface area contributed by atoms with Crippen LogP contribution in [0.2, 0.25) is 0 Å². The molecule has 0 fully saturated rings. The summed E-state index contributed by atoms with van der Waals surface area (Å²) in [6, 6.07) is 7.74. The molecule has 3 rings (SSSR count). The smallest absolute Gasteiger partial charge is 0.122 e.